The lowest BCUT2D eigenvalue weighted by Gasteiger charge is -2.06. The second kappa shape index (κ2) is 6.74. The van der Waals surface area contributed by atoms with E-state index in [0.29, 0.717) is 6.04 Å². The lowest BCUT2D eigenvalue weighted by atomic mass is 10.1. The molecule has 2 nitrogen and oxygen atoms in total. The van der Waals surface area contributed by atoms with Crippen LogP contribution in [-0.4, -0.2) is 23.3 Å². The summed E-state index contributed by atoms with van der Waals surface area (Å²) in [6.07, 6.45) is 3.66. The molecule has 1 unspecified atom stereocenters. The highest BCUT2D eigenvalue weighted by molar-refractivity contribution is 7.99. The Labute approximate surface area is 129 Å². The minimum atomic E-state index is 0.633. The number of nitrogens with zero attached hydrogens (tertiary/aromatic N) is 1. The van der Waals surface area contributed by atoms with Crippen LogP contribution in [0.3, 0.4) is 0 Å². The summed E-state index contributed by atoms with van der Waals surface area (Å²) >= 11 is 3.64. The summed E-state index contributed by atoms with van der Waals surface area (Å²) in [6.45, 7) is 3.35. The maximum atomic E-state index is 4.79. The summed E-state index contributed by atoms with van der Waals surface area (Å²) in [6, 6.07) is 9.41. The van der Waals surface area contributed by atoms with Gasteiger partial charge in [0.1, 0.15) is 5.01 Å². The maximum absolute atomic E-state index is 4.79. The van der Waals surface area contributed by atoms with E-state index in [4.69, 9.17) is 4.98 Å². The van der Waals surface area contributed by atoms with E-state index in [2.05, 4.69) is 41.9 Å². The van der Waals surface area contributed by atoms with Crippen LogP contribution in [0.5, 0.6) is 0 Å². The molecular formula is C16H20N2S2. The molecule has 1 aromatic carbocycles. The topological polar surface area (TPSA) is 24.9 Å². The molecule has 20 heavy (non-hydrogen) atoms. The minimum Gasteiger partial charge on any atom is -0.314 e. The van der Waals surface area contributed by atoms with Gasteiger partial charge in [0.15, 0.2) is 0 Å². The Morgan fingerprint density at radius 1 is 1.35 bits per heavy atom. The lowest BCUT2D eigenvalue weighted by Crippen LogP contribution is -2.23. The van der Waals surface area contributed by atoms with Crippen molar-refractivity contribution in [2.75, 3.05) is 12.3 Å². The fraction of sp³-hybridized carbons (Fsp3) is 0.438. The van der Waals surface area contributed by atoms with Crippen molar-refractivity contribution in [2.45, 2.75) is 37.1 Å². The van der Waals surface area contributed by atoms with Crippen LogP contribution in [0.4, 0.5) is 0 Å². The number of hydrogen-bond donors (Lipinski definition) is 1. The van der Waals surface area contributed by atoms with Crippen molar-refractivity contribution in [3.63, 3.8) is 0 Å². The van der Waals surface area contributed by atoms with Crippen molar-refractivity contribution in [3.05, 3.63) is 35.3 Å². The van der Waals surface area contributed by atoms with E-state index < -0.39 is 0 Å². The second-order valence-corrected chi connectivity index (χ2v) is 7.29. The smallest absolute Gasteiger partial charge is 0.123 e. The Balaban J connectivity index is 1.68. The molecule has 2 heterocycles. The van der Waals surface area contributed by atoms with Gasteiger partial charge in [0.25, 0.3) is 0 Å². The zero-order valence-corrected chi connectivity index (χ0v) is 13.4. The molecule has 0 radical (unpaired) electrons. The van der Waals surface area contributed by atoms with Gasteiger partial charge in [-0.05, 0) is 37.3 Å². The summed E-state index contributed by atoms with van der Waals surface area (Å²) in [5, 5.41) is 6.89. The first-order valence-corrected chi connectivity index (χ1v) is 9.12. The van der Waals surface area contributed by atoms with E-state index in [1.165, 1.54) is 29.0 Å². The van der Waals surface area contributed by atoms with Crippen LogP contribution in [0, 0.1) is 0 Å². The summed E-state index contributed by atoms with van der Waals surface area (Å²) in [5.74, 6) is 1.12. The number of hydrogen-bond acceptors (Lipinski definition) is 4. The van der Waals surface area contributed by atoms with E-state index in [1.54, 1.807) is 11.3 Å². The third-order valence-corrected chi connectivity index (χ3v) is 5.42. The maximum Gasteiger partial charge on any atom is 0.123 e. The van der Waals surface area contributed by atoms with Crippen LogP contribution in [-0.2, 0) is 6.42 Å². The molecule has 1 aliphatic heterocycles. The fourth-order valence-electron chi connectivity index (χ4n) is 2.58. The number of thiazole rings is 1. The first-order chi connectivity index (χ1) is 9.85. The summed E-state index contributed by atoms with van der Waals surface area (Å²) in [4.78, 5) is 6.13. The highest BCUT2D eigenvalue weighted by Gasteiger charge is 2.16. The van der Waals surface area contributed by atoms with Gasteiger partial charge < -0.3 is 5.32 Å². The van der Waals surface area contributed by atoms with Gasteiger partial charge in [-0.15, -0.1) is 23.1 Å². The average molecular weight is 304 g/mol. The van der Waals surface area contributed by atoms with Crippen LogP contribution in [0.15, 0.2) is 34.5 Å². The van der Waals surface area contributed by atoms with Gasteiger partial charge in [-0.25, -0.2) is 4.98 Å². The van der Waals surface area contributed by atoms with Crippen molar-refractivity contribution in [2.24, 2.45) is 0 Å². The molecule has 0 spiro atoms. The normalized spacial score (nSPS) is 18.6. The molecule has 1 N–H and O–H groups in total. The molecule has 1 atom stereocenters. The van der Waals surface area contributed by atoms with E-state index in [0.717, 1.165) is 23.7 Å². The van der Waals surface area contributed by atoms with Gasteiger partial charge in [0.05, 0.1) is 5.69 Å². The molecule has 1 aliphatic rings. The van der Waals surface area contributed by atoms with Crippen LogP contribution < -0.4 is 5.32 Å². The van der Waals surface area contributed by atoms with Crippen LogP contribution in [0.2, 0.25) is 0 Å². The van der Waals surface area contributed by atoms with Crippen LogP contribution in [0.25, 0.3) is 10.6 Å². The molecule has 0 aliphatic carbocycles. The Morgan fingerprint density at radius 3 is 2.90 bits per heavy atom. The molecule has 1 aromatic heterocycles. The molecular weight excluding hydrogens is 284 g/mol. The van der Waals surface area contributed by atoms with Gasteiger partial charge in [0, 0.05) is 28.3 Å². The summed E-state index contributed by atoms with van der Waals surface area (Å²) < 4.78 is 0. The molecule has 0 bridgehead atoms. The Morgan fingerprint density at radius 2 is 2.20 bits per heavy atom. The highest BCUT2D eigenvalue weighted by Crippen LogP contribution is 2.27. The molecule has 4 heteroatoms. The molecule has 0 saturated carbocycles. The van der Waals surface area contributed by atoms with E-state index in [9.17, 15) is 0 Å². The van der Waals surface area contributed by atoms with Crippen LogP contribution in [0.1, 0.15) is 25.5 Å². The Bertz CT molecular complexity index is 542. The first-order valence-electron chi connectivity index (χ1n) is 7.26. The highest BCUT2D eigenvalue weighted by atomic mass is 32.2. The Hall–Kier alpha value is -0.840. The molecule has 1 saturated heterocycles. The molecule has 0 amide bonds. The van der Waals surface area contributed by atoms with E-state index in [-0.39, 0.29) is 0 Å². The van der Waals surface area contributed by atoms with Crippen molar-refractivity contribution >= 4 is 23.1 Å². The van der Waals surface area contributed by atoms with E-state index >= 15 is 0 Å². The minimum absolute atomic E-state index is 0.633. The fourth-order valence-corrected chi connectivity index (χ4v) is 4.08. The number of nitrogens with one attached hydrogen (secondary N) is 1. The monoisotopic (exact) mass is 304 g/mol. The largest absolute Gasteiger partial charge is 0.314 e. The van der Waals surface area contributed by atoms with Crippen molar-refractivity contribution < 1.29 is 0 Å². The average Bonchev–Trinajstić information content (AvgIpc) is 3.12. The zero-order valence-electron chi connectivity index (χ0n) is 11.8. The Kier molecular flexibility index (Phi) is 4.76. The van der Waals surface area contributed by atoms with Gasteiger partial charge in [-0.3, -0.25) is 0 Å². The van der Waals surface area contributed by atoms with Gasteiger partial charge in [-0.2, -0.15) is 0 Å². The van der Waals surface area contributed by atoms with E-state index in [1.807, 2.05) is 11.8 Å². The lowest BCUT2D eigenvalue weighted by molar-refractivity contribution is 0.597. The van der Waals surface area contributed by atoms with Gasteiger partial charge in [-0.1, -0.05) is 19.1 Å². The third kappa shape index (κ3) is 3.43. The predicted octanol–water partition coefficient (Wildman–Crippen LogP) is 4.22. The third-order valence-electron chi connectivity index (χ3n) is 3.58. The second-order valence-electron chi connectivity index (χ2n) is 5.10. The van der Waals surface area contributed by atoms with Gasteiger partial charge >= 0.3 is 0 Å². The first kappa shape index (κ1) is 14.1. The zero-order chi connectivity index (χ0) is 13.8. The predicted molar refractivity (Wildman–Crippen MR) is 88.7 cm³/mol. The SMILES string of the molecule is CCSc1ccc(-c2nc(CC3CCCN3)cs2)cc1. The molecule has 3 rings (SSSR count). The number of aromatic nitrogens is 1. The molecule has 2 aromatic rings. The van der Waals surface area contributed by atoms with Crippen molar-refractivity contribution in [1.82, 2.24) is 10.3 Å². The summed E-state index contributed by atoms with van der Waals surface area (Å²) in [7, 11) is 0. The quantitative estimate of drug-likeness (QED) is 0.837. The molecule has 106 valence electrons. The summed E-state index contributed by atoms with van der Waals surface area (Å²) in [5.41, 5.74) is 2.47. The number of thioether (sulfide) groups is 1. The molecule has 1 fully saturated rings. The van der Waals surface area contributed by atoms with Crippen molar-refractivity contribution in [3.8, 4) is 10.6 Å². The standard InChI is InChI=1S/C16H20N2S2/c1-2-19-15-7-5-12(6-8-15)16-18-14(11-20-16)10-13-4-3-9-17-13/h5-8,11,13,17H,2-4,9-10H2,1H3. The van der Waals surface area contributed by atoms with Crippen molar-refractivity contribution in [1.29, 1.82) is 0 Å². The van der Waals surface area contributed by atoms with Crippen LogP contribution >= 0.6 is 23.1 Å². The number of rotatable bonds is 5. The van der Waals surface area contributed by atoms with Gasteiger partial charge in [0.2, 0.25) is 0 Å². The number of benzene rings is 1.